The summed E-state index contributed by atoms with van der Waals surface area (Å²) < 4.78 is 0. The van der Waals surface area contributed by atoms with Crippen molar-refractivity contribution in [1.29, 1.82) is 10.5 Å². The van der Waals surface area contributed by atoms with Crippen molar-refractivity contribution in [1.82, 2.24) is 0 Å². The number of anilines is 3. The zero-order valence-corrected chi connectivity index (χ0v) is 10.2. The third kappa shape index (κ3) is 3.02. The molecule has 19 heavy (non-hydrogen) atoms. The number of nitrogens with one attached hydrogen (secondary N) is 1. The van der Waals surface area contributed by atoms with Gasteiger partial charge in [0.25, 0.3) is 0 Å². The first-order valence-electron chi connectivity index (χ1n) is 5.75. The summed E-state index contributed by atoms with van der Waals surface area (Å²) in [5, 5.41) is 20.5. The normalized spacial score (nSPS) is 9.37. The van der Waals surface area contributed by atoms with E-state index in [0.29, 0.717) is 17.7 Å². The molecule has 2 aromatic carbocycles. The summed E-state index contributed by atoms with van der Waals surface area (Å²) in [4.78, 5) is 0. The summed E-state index contributed by atoms with van der Waals surface area (Å²) >= 11 is 0. The smallest absolute Gasteiger partial charge is 0.0992 e. The van der Waals surface area contributed by atoms with Crippen molar-refractivity contribution < 1.29 is 0 Å². The molecule has 0 bridgehead atoms. The molecule has 4 nitrogen and oxygen atoms in total. The van der Waals surface area contributed by atoms with Gasteiger partial charge < -0.3 is 11.1 Å². The Hall–Kier alpha value is -2.98. The lowest BCUT2D eigenvalue weighted by molar-refractivity contribution is 1.26. The highest BCUT2D eigenvalue weighted by molar-refractivity contribution is 5.73. The van der Waals surface area contributed by atoms with Gasteiger partial charge in [-0.25, -0.2) is 0 Å². The molecule has 92 valence electrons. The fourth-order valence-electron chi connectivity index (χ4n) is 1.70. The minimum Gasteiger partial charge on any atom is -0.397 e. The van der Waals surface area contributed by atoms with Gasteiger partial charge in [-0.3, -0.25) is 0 Å². The fraction of sp³-hybridized carbons (Fsp3) is 0.0667. The second-order valence-electron chi connectivity index (χ2n) is 4.07. The van der Waals surface area contributed by atoms with Gasteiger partial charge in [0, 0.05) is 5.69 Å². The predicted octanol–water partition coefficient (Wildman–Crippen LogP) is 2.95. The highest BCUT2D eigenvalue weighted by Crippen LogP contribution is 2.24. The maximum Gasteiger partial charge on any atom is 0.0992 e. The number of nitrogen functional groups attached to an aromatic ring is 1. The van der Waals surface area contributed by atoms with Gasteiger partial charge in [-0.15, -0.1) is 0 Å². The Morgan fingerprint density at radius 3 is 2.37 bits per heavy atom. The second kappa shape index (κ2) is 5.57. The molecule has 2 aromatic rings. The number of hydrogen-bond donors (Lipinski definition) is 2. The van der Waals surface area contributed by atoms with Crippen LogP contribution in [-0.4, -0.2) is 0 Å². The quantitative estimate of drug-likeness (QED) is 0.818. The molecule has 3 N–H and O–H groups in total. The maximum absolute atomic E-state index is 8.77. The van der Waals surface area contributed by atoms with Gasteiger partial charge in [-0.1, -0.05) is 12.1 Å². The van der Waals surface area contributed by atoms with E-state index in [2.05, 4.69) is 11.4 Å². The van der Waals surface area contributed by atoms with Crippen LogP contribution in [0.25, 0.3) is 0 Å². The molecule has 0 heterocycles. The zero-order chi connectivity index (χ0) is 13.7. The molecule has 0 saturated heterocycles. The third-order valence-electron chi connectivity index (χ3n) is 2.70. The third-order valence-corrected chi connectivity index (χ3v) is 2.70. The van der Waals surface area contributed by atoms with Gasteiger partial charge in [0.2, 0.25) is 0 Å². The van der Waals surface area contributed by atoms with Crippen molar-refractivity contribution in [2.45, 2.75) is 6.42 Å². The summed E-state index contributed by atoms with van der Waals surface area (Å²) in [5.74, 6) is 0. The van der Waals surface area contributed by atoms with Crippen molar-refractivity contribution in [3.63, 3.8) is 0 Å². The van der Waals surface area contributed by atoms with Gasteiger partial charge in [0.05, 0.1) is 35.5 Å². The molecule has 0 atom stereocenters. The molecule has 0 fully saturated rings. The molecule has 4 heteroatoms. The molecule has 0 aromatic heterocycles. The van der Waals surface area contributed by atoms with Crippen molar-refractivity contribution in [3.8, 4) is 12.1 Å². The molecular formula is C15H12N4. The minimum absolute atomic E-state index is 0.402. The standard InChI is InChI=1S/C15H12N4/c16-8-7-11-1-4-13(5-2-11)19-15-6-3-12(10-17)9-14(15)18/h1-6,9,19H,7,18H2. The summed E-state index contributed by atoms with van der Waals surface area (Å²) in [7, 11) is 0. The van der Waals surface area contributed by atoms with Gasteiger partial charge in [0.15, 0.2) is 0 Å². The number of rotatable bonds is 3. The Morgan fingerprint density at radius 2 is 1.79 bits per heavy atom. The van der Waals surface area contributed by atoms with Gasteiger partial charge in [0.1, 0.15) is 0 Å². The predicted molar refractivity (Wildman–Crippen MR) is 74.6 cm³/mol. The highest BCUT2D eigenvalue weighted by Gasteiger charge is 2.01. The maximum atomic E-state index is 8.77. The summed E-state index contributed by atoms with van der Waals surface area (Å²) in [5.41, 5.74) is 9.54. The van der Waals surface area contributed by atoms with Crippen LogP contribution in [0, 0.1) is 22.7 Å². The number of benzene rings is 2. The van der Waals surface area contributed by atoms with E-state index in [1.807, 2.05) is 30.3 Å². The molecule has 0 aliphatic heterocycles. The summed E-state index contributed by atoms with van der Waals surface area (Å²) in [6.07, 6.45) is 0.402. The van der Waals surface area contributed by atoms with E-state index < -0.39 is 0 Å². The summed E-state index contributed by atoms with van der Waals surface area (Å²) in [6, 6.07) is 16.8. The molecular weight excluding hydrogens is 236 g/mol. The average molecular weight is 248 g/mol. The van der Waals surface area contributed by atoms with Crippen molar-refractivity contribution in [3.05, 3.63) is 53.6 Å². The largest absolute Gasteiger partial charge is 0.397 e. The van der Waals surface area contributed by atoms with Crippen LogP contribution in [0.5, 0.6) is 0 Å². The molecule has 0 unspecified atom stereocenters. The molecule has 0 amide bonds. The van der Waals surface area contributed by atoms with Crippen LogP contribution < -0.4 is 11.1 Å². The molecule has 0 aliphatic rings. The lowest BCUT2D eigenvalue weighted by Gasteiger charge is -2.09. The van der Waals surface area contributed by atoms with Crippen molar-refractivity contribution in [2.24, 2.45) is 0 Å². The first-order valence-corrected chi connectivity index (χ1v) is 5.75. The van der Waals surface area contributed by atoms with Gasteiger partial charge >= 0.3 is 0 Å². The Morgan fingerprint density at radius 1 is 1.05 bits per heavy atom. The molecule has 0 aliphatic carbocycles. The Bertz CT molecular complexity index is 660. The fourth-order valence-corrected chi connectivity index (χ4v) is 1.70. The van der Waals surface area contributed by atoms with E-state index in [0.717, 1.165) is 16.9 Å². The van der Waals surface area contributed by atoms with Crippen LogP contribution in [0.3, 0.4) is 0 Å². The molecule has 0 saturated carbocycles. The average Bonchev–Trinajstić information content (AvgIpc) is 2.43. The van der Waals surface area contributed by atoms with Crippen LogP contribution in [0.15, 0.2) is 42.5 Å². The number of nitrogens with zero attached hydrogens (tertiary/aromatic N) is 2. The molecule has 0 spiro atoms. The lowest BCUT2D eigenvalue weighted by Crippen LogP contribution is -1.97. The Labute approximate surface area is 111 Å². The monoisotopic (exact) mass is 248 g/mol. The van der Waals surface area contributed by atoms with Crippen LogP contribution in [0.2, 0.25) is 0 Å². The second-order valence-corrected chi connectivity index (χ2v) is 4.07. The van der Waals surface area contributed by atoms with Crippen LogP contribution in [0.4, 0.5) is 17.1 Å². The highest BCUT2D eigenvalue weighted by atomic mass is 14.9. The summed E-state index contributed by atoms with van der Waals surface area (Å²) in [6.45, 7) is 0. The van der Waals surface area contributed by atoms with E-state index in [9.17, 15) is 0 Å². The van der Waals surface area contributed by atoms with Crippen LogP contribution in [-0.2, 0) is 6.42 Å². The SMILES string of the molecule is N#CCc1ccc(Nc2ccc(C#N)cc2N)cc1. The lowest BCUT2D eigenvalue weighted by atomic mass is 10.1. The van der Waals surface area contributed by atoms with Gasteiger partial charge in [-0.2, -0.15) is 10.5 Å². The topological polar surface area (TPSA) is 85.6 Å². The number of nitriles is 2. The van der Waals surface area contributed by atoms with E-state index in [4.69, 9.17) is 16.3 Å². The van der Waals surface area contributed by atoms with Crippen LogP contribution in [0.1, 0.15) is 11.1 Å². The zero-order valence-electron chi connectivity index (χ0n) is 10.2. The number of nitrogens with two attached hydrogens (primary N) is 1. The van der Waals surface area contributed by atoms with E-state index >= 15 is 0 Å². The van der Waals surface area contributed by atoms with Crippen LogP contribution >= 0.6 is 0 Å². The molecule has 2 rings (SSSR count). The minimum atomic E-state index is 0.402. The Balaban J connectivity index is 2.17. The van der Waals surface area contributed by atoms with E-state index in [-0.39, 0.29) is 0 Å². The Kier molecular flexibility index (Phi) is 3.66. The number of hydrogen-bond acceptors (Lipinski definition) is 4. The molecule has 0 radical (unpaired) electrons. The van der Waals surface area contributed by atoms with E-state index in [1.165, 1.54) is 0 Å². The first-order chi connectivity index (χ1) is 9.22. The van der Waals surface area contributed by atoms with E-state index in [1.54, 1.807) is 18.2 Å². The first kappa shape index (κ1) is 12.5. The van der Waals surface area contributed by atoms with Gasteiger partial charge in [-0.05, 0) is 35.9 Å². The van der Waals surface area contributed by atoms with Crippen molar-refractivity contribution >= 4 is 17.1 Å². The van der Waals surface area contributed by atoms with Crippen molar-refractivity contribution in [2.75, 3.05) is 11.1 Å².